The van der Waals surface area contributed by atoms with E-state index in [1.165, 1.54) is 79.2 Å². The number of hydrogen-bond acceptors (Lipinski definition) is 6. The summed E-state index contributed by atoms with van der Waals surface area (Å²) in [6.07, 6.45) is 29.7. The summed E-state index contributed by atoms with van der Waals surface area (Å²) >= 11 is 0. The summed E-state index contributed by atoms with van der Waals surface area (Å²) in [7, 11) is 0. The molecule has 0 saturated carbocycles. The number of hydrogen-bond donors (Lipinski definition) is 0. The van der Waals surface area contributed by atoms with Crippen LogP contribution in [0, 0.1) is 71.1 Å². The molecule has 2 heterocycles. The number of Topliss-reactive ketones (excluding diaryl/α,β-unsaturated/α-hetero) is 2. The maximum absolute atomic E-state index is 12.1. The van der Waals surface area contributed by atoms with Gasteiger partial charge in [0.05, 0.1) is 0 Å². The molecule has 6 nitrogen and oxygen atoms in total. The average molecular weight is 1020 g/mol. The molecule has 4 atom stereocenters. The van der Waals surface area contributed by atoms with Crippen LogP contribution in [0.4, 0.5) is 0 Å². The first-order valence-corrected chi connectivity index (χ1v) is 29.6. The Bertz CT molecular complexity index is 2210. The van der Waals surface area contributed by atoms with Gasteiger partial charge in [-0.05, 0) is 211 Å². The van der Waals surface area contributed by atoms with Crippen LogP contribution in [0.1, 0.15) is 251 Å². The van der Waals surface area contributed by atoms with E-state index in [0.29, 0.717) is 0 Å². The van der Waals surface area contributed by atoms with Crippen LogP contribution in [-0.2, 0) is 22.4 Å². The molecule has 0 fully saturated rings. The van der Waals surface area contributed by atoms with Crippen molar-refractivity contribution in [3.05, 3.63) is 79.5 Å². The molecule has 0 N–H and O–H groups in total. The smallest absolute Gasteiger partial charge is 0.172 e. The Morgan fingerprint density at radius 3 is 1.32 bits per heavy atom. The summed E-state index contributed by atoms with van der Waals surface area (Å²) in [6.45, 7) is 43.6. The van der Waals surface area contributed by atoms with Gasteiger partial charge in [-0.25, -0.2) is 0 Å². The van der Waals surface area contributed by atoms with E-state index in [4.69, 9.17) is 18.9 Å². The summed E-state index contributed by atoms with van der Waals surface area (Å²) in [5, 5.41) is 0. The van der Waals surface area contributed by atoms with Crippen LogP contribution in [0.25, 0.3) is 0 Å². The van der Waals surface area contributed by atoms with Crippen molar-refractivity contribution in [2.75, 3.05) is 13.2 Å². The van der Waals surface area contributed by atoms with Crippen LogP contribution in [0.3, 0.4) is 0 Å². The fourth-order valence-corrected chi connectivity index (χ4v) is 10.7. The fourth-order valence-electron chi connectivity index (χ4n) is 10.7. The second kappa shape index (κ2) is 30.8. The minimum Gasteiger partial charge on any atom is -0.487 e. The van der Waals surface area contributed by atoms with Crippen molar-refractivity contribution in [3.8, 4) is 23.0 Å². The molecule has 0 spiro atoms. The Morgan fingerprint density at radius 2 is 0.905 bits per heavy atom. The first-order valence-electron chi connectivity index (χ1n) is 29.6. The number of fused-ring (bicyclic) bond motifs is 2. The van der Waals surface area contributed by atoms with E-state index in [-0.39, 0.29) is 47.8 Å². The van der Waals surface area contributed by atoms with Crippen LogP contribution < -0.4 is 18.9 Å². The quantitative estimate of drug-likeness (QED) is 0.0756. The molecule has 4 rings (SSSR count). The Balaban J connectivity index is 0.000000390. The zero-order valence-electron chi connectivity index (χ0n) is 51.4. The highest BCUT2D eigenvalue weighted by atomic mass is 16.5. The zero-order valence-corrected chi connectivity index (χ0v) is 51.4. The van der Waals surface area contributed by atoms with Crippen molar-refractivity contribution in [1.29, 1.82) is 0 Å². The van der Waals surface area contributed by atoms with Crippen LogP contribution in [-0.4, -0.2) is 36.0 Å². The van der Waals surface area contributed by atoms with Crippen molar-refractivity contribution >= 4 is 11.6 Å². The third-order valence-electron chi connectivity index (χ3n) is 16.7. The van der Waals surface area contributed by atoms with Crippen molar-refractivity contribution < 1.29 is 28.5 Å². The first kappa shape index (κ1) is 64.5. The van der Waals surface area contributed by atoms with E-state index in [1.807, 2.05) is 27.7 Å². The minimum absolute atomic E-state index is 0.00535. The Kier molecular flexibility index (Phi) is 26.9. The molecule has 0 saturated heterocycles. The molecule has 2 aliphatic rings. The monoisotopic (exact) mass is 1020 g/mol. The van der Waals surface area contributed by atoms with Crippen LogP contribution in [0.15, 0.2) is 34.9 Å². The van der Waals surface area contributed by atoms with Crippen molar-refractivity contribution in [1.82, 2.24) is 0 Å². The maximum Gasteiger partial charge on any atom is 0.172 e. The Morgan fingerprint density at radius 1 is 0.514 bits per heavy atom. The molecule has 6 heteroatoms. The van der Waals surface area contributed by atoms with Gasteiger partial charge in [-0.2, -0.15) is 0 Å². The Labute approximate surface area is 455 Å². The Hall–Kier alpha value is -3.80. The van der Waals surface area contributed by atoms with Gasteiger partial charge in [0.1, 0.15) is 47.4 Å². The van der Waals surface area contributed by atoms with Gasteiger partial charge in [-0.15, -0.1) is 0 Å². The highest BCUT2D eigenvalue weighted by Gasteiger charge is 2.36. The largest absolute Gasteiger partial charge is 0.487 e. The molecular weight excluding hydrogens is 913 g/mol. The number of ketones is 2. The van der Waals surface area contributed by atoms with E-state index in [1.54, 1.807) is 0 Å². The molecule has 0 aromatic heterocycles. The van der Waals surface area contributed by atoms with Gasteiger partial charge in [-0.3, -0.25) is 9.59 Å². The summed E-state index contributed by atoms with van der Waals surface area (Å²) in [5.74, 6) is 6.58. The van der Waals surface area contributed by atoms with Crippen molar-refractivity contribution in [2.45, 2.75) is 272 Å². The molecule has 0 bridgehead atoms. The standard InChI is InChI=1S/C34H58O3.C34H52O3/c2*1-23(2)14-11-15-25(5)16-12-17-26(6)18-13-20-34(10)21-19-30-29(9)32(36-22-31(35)24(3)4)27(7)28(8)33(30)37-34/h23-26H,11-22H2,1-10H3;14,16,18,24H,11-13,15,17,19-22H2,1-10H3/b;25-16+,26-18+/t25-,26-,34-;34-/m11/s1. The number of allylic oxidation sites excluding steroid dienone is 6. The van der Waals surface area contributed by atoms with Gasteiger partial charge in [-0.1, -0.05) is 135 Å². The molecule has 418 valence electrons. The predicted molar refractivity (Wildman–Crippen MR) is 316 cm³/mol. The fraction of sp³-hybridized carbons (Fsp3) is 0.706. The molecule has 0 aliphatic carbocycles. The molecule has 74 heavy (non-hydrogen) atoms. The lowest BCUT2D eigenvalue weighted by atomic mass is 9.83. The molecule has 0 unspecified atom stereocenters. The van der Waals surface area contributed by atoms with E-state index in [2.05, 4.69) is 129 Å². The SMILES string of the molecule is CC(C)=CCC/C(C)=C/CC/C(C)=C/CC[C@]1(C)CCc2c(C)c(OCC(=O)C(C)C)c(C)c(C)c2O1.Cc1c(C)c2c(c(C)c1OCC(=O)C(C)C)CC[C@@](C)(CCC[C@H](C)CCC[C@H](C)CCCC(C)C)O2. The van der Waals surface area contributed by atoms with Crippen LogP contribution in [0.2, 0.25) is 0 Å². The van der Waals surface area contributed by atoms with Gasteiger partial charge in [0.15, 0.2) is 11.6 Å². The van der Waals surface area contributed by atoms with E-state index >= 15 is 0 Å². The predicted octanol–water partition coefficient (Wildman–Crippen LogP) is 19.2. The molecule has 0 radical (unpaired) electrons. The number of rotatable bonds is 29. The zero-order chi connectivity index (χ0) is 55.5. The minimum atomic E-state index is -0.162. The van der Waals surface area contributed by atoms with E-state index in [0.717, 1.165) is 145 Å². The van der Waals surface area contributed by atoms with Crippen molar-refractivity contribution in [2.24, 2.45) is 29.6 Å². The van der Waals surface area contributed by atoms with Crippen molar-refractivity contribution in [3.63, 3.8) is 0 Å². The molecule has 2 aromatic rings. The lowest BCUT2D eigenvalue weighted by Gasteiger charge is -2.38. The molecule has 2 aliphatic heterocycles. The highest BCUT2D eigenvalue weighted by Crippen LogP contribution is 2.47. The molecule has 2 aromatic carbocycles. The lowest BCUT2D eigenvalue weighted by molar-refractivity contribution is -0.124. The number of benzene rings is 2. The third kappa shape index (κ3) is 20.6. The molecular formula is C68H110O6. The summed E-state index contributed by atoms with van der Waals surface area (Å²) in [4.78, 5) is 24.3. The van der Waals surface area contributed by atoms with Gasteiger partial charge < -0.3 is 18.9 Å². The lowest BCUT2D eigenvalue weighted by Crippen LogP contribution is -2.37. The molecule has 0 amide bonds. The normalized spacial score (nSPS) is 18.5. The van der Waals surface area contributed by atoms with E-state index < -0.39 is 0 Å². The van der Waals surface area contributed by atoms with Gasteiger partial charge in [0.25, 0.3) is 0 Å². The second-order valence-electron chi connectivity index (χ2n) is 25.3. The van der Waals surface area contributed by atoms with Gasteiger partial charge >= 0.3 is 0 Å². The third-order valence-corrected chi connectivity index (χ3v) is 16.7. The average Bonchev–Trinajstić information content (AvgIpc) is 3.32. The maximum atomic E-state index is 12.1. The number of carbonyl (C=O) groups is 2. The van der Waals surface area contributed by atoms with Crippen LogP contribution in [0.5, 0.6) is 23.0 Å². The van der Waals surface area contributed by atoms with E-state index in [9.17, 15) is 9.59 Å². The van der Waals surface area contributed by atoms with Crippen LogP contribution >= 0.6 is 0 Å². The first-order chi connectivity index (χ1) is 34.7. The van der Waals surface area contributed by atoms with Gasteiger partial charge in [0, 0.05) is 23.0 Å². The summed E-state index contributed by atoms with van der Waals surface area (Å²) < 4.78 is 25.6. The summed E-state index contributed by atoms with van der Waals surface area (Å²) in [5.41, 5.74) is 13.4. The topological polar surface area (TPSA) is 71.1 Å². The van der Waals surface area contributed by atoms with Gasteiger partial charge in [0.2, 0.25) is 0 Å². The second-order valence-corrected chi connectivity index (χ2v) is 25.3. The highest BCUT2D eigenvalue weighted by molar-refractivity contribution is 5.82. The summed E-state index contributed by atoms with van der Waals surface area (Å²) in [6, 6.07) is 0. The number of ether oxygens (including phenoxy) is 4. The number of carbonyl (C=O) groups excluding carboxylic acids is 2.